The number of rotatable bonds is 5. The minimum absolute atomic E-state index is 0.0522. The Kier molecular flexibility index (Phi) is 7.28. The van der Waals surface area contributed by atoms with E-state index in [1.807, 2.05) is 0 Å². The van der Waals surface area contributed by atoms with Gasteiger partial charge in [0.1, 0.15) is 11.6 Å². The molecule has 284 valence electrons. The van der Waals surface area contributed by atoms with Gasteiger partial charge in [-0.2, -0.15) is 0 Å². The highest BCUT2D eigenvalue weighted by Crippen LogP contribution is 2.58. The van der Waals surface area contributed by atoms with Gasteiger partial charge in [0.2, 0.25) is 0 Å². The number of benzene rings is 3. The van der Waals surface area contributed by atoms with Crippen molar-refractivity contribution in [3.8, 4) is 45.0 Å². The Morgan fingerprint density at radius 1 is 0.709 bits per heavy atom. The molecule has 5 fully saturated rings. The molecule has 3 aromatic carbocycles. The molecule has 10 heteroatoms. The lowest BCUT2D eigenvalue weighted by Crippen LogP contribution is -2.34. The van der Waals surface area contributed by atoms with Crippen LogP contribution in [0, 0.1) is 5.41 Å². The summed E-state index contributed by atoms with van der Waals surface area (Å²) in [5.74, 6) is 2.62. The van der Waals surface area contributed by atoms with Gasteiger partial charge in [-0.3, -0.25) is 0 Å². The first kappa shape index (κ1) is 33.0. The molecule has 0 bridgehead atoms. The van der Waals surface area contributed by atoms with Crippen molar-refractivity contribution in [3.63, 3.8) is 0 Å². The smallest absolute Gasteiger partial charge is 0.251 e. The van der Waals surface area contributed by atoms with E-state index in [1.165, 1.54) is 54.4 Å². The number of nitrogens with zero attached hydrogens (tertiary/aromatic N) is 2. The predicted molar refractivity (Wildman–Crippen MR) is 210 cm³/mol. The van der Waals surface area contributed by atoms with Gasteiger partial charge in [0.05, 0.1) is 54.8 Å². The van der Waals surface area contributed by atoms with Crippen LogP contribution in [0.4, 0.5) is 0 Å². The van der Waals surface area contributed by atoms with Crippen molar-refractivity contribution in [2.75, 3.05) is 19.8 Å². The molecule has 3 saturated heterocycles. The Labute approximate surface area is 321 Å². The number of nitrogens with one attached hydrogen (secondary N) is 4. The number of aromatic amines is 2. The lowest BCUT2D eigenvalue weighted by molar-refractivity contribution is -0.141. The molecule has 7 aliphatic rings. The van der Waals surface area contributed by atoms with E-state index >= 15 is 0 Å². The molecule has 4 N–H and O–H groups in total. The summed E-state index contributed by atoms with van der Waals surface area (Å²) in [4.78, 5) is 17.3. The van der Waals surface area contributed by atoms with E-state index in [4.69, 9.17) is 28.9 Å². The monoisotopic (exact) mass is 738 g/mol. The molecule has 0 amide bonds. The van der Waals surface area contributed by atoms with E-state index in [1.54, 1.807) is 0 Å². The Morgan fingerprint density at radius 2 is 1.44 bits per heavy atom. The van der Waals surface area contributed by atoms with Crippen molar-refractivity contribution < 1.29 is 18.9 Å². The number of hydrogen-bond acceptors (Lipinski definition) is 8. The van der Waals surface area contributed by atoms with Crippen LogP contribution >= 0.6 is 0 Å². The normalized spacial score (nSPS) is 26.8. The van der Waals surface area contributed by atoms with Crippen LogP contribution in [0.25, 0.3) is 44.5 Å². The maximum absolute atomic E-state index is 7.07. The maximum atomic E-state index is 7.07. The summed E-state index contributed by atoms with van der Waals surface area (Å²) in [6.45, 7) is 4.23. The van der Waals surface area contributed by atoms with Gasteiger partial charge in [-0.15, -0.1) is 0 Å². The molecule has 3 aliphatic carbocycles. The van der Waals surface area contributed by atoms with E-state index in [-0.39, 0.29) is 6.04 Å². The lowest BCUT2D eigenvalue weighted by atomic mass is 9.82. The third kappa shape index (κ3) is 5.27. The van der Waals surface area contributed by atoms with Gasteiger partial charge in [-0.05, 0) is 110 Å². The standard InChI is InChI=1S/C45H50N6O4/c1-26-6-12-35(48-26)41-46-24-38(51-41)30-10-9-29(32-21-43(22-33(30)32)14-2-3-15-43)31-11-8-28(39-40(31)55-44(54-39)16-4-5-17-44)27-7-13-34-36(20-27)50-42(49-34)37-23-45(25-47-37)52-18-19-53-45/h7-11,13,20,24,26,35,37,47-48H,2-6,12,14-19,21-23,25H2,1H3,(H,46,51)(H,49,50). The first-order valence-electron chi connectivity index (χ1n) is 21.0. The maximum Gasteiger partial charge on any atom is 0.251 e. The average molecular weight is 739 g/mol. The molecule has 12 rings (SSSR count). The van der Waals surface area contributed by atoms with Crippen molar-refractivity contribution in [2.45, 2.75) is 120 Å². The van der Waals surface area contributed by atoms with Crippen molar-refractivity contribution in [1.82, 2.24) is 30.6 Å². The third-order valence-electron chi connectivity index (χ3n) is 14.2. The number of imidazole rings is 2. The summed E-state index contributed by atoms with van der Waals surface area (Å²) in [6, 6.07) is 16.7. The number of hydrogen-bond donors (Lipinski definition) is 4. The molecular weight excluding hydrogens is 689 g/mol. The fourth-order valence-electron chi connectivity index (χ4n) is 11.4. The minimum atomic E-state index is -0.596. The van der Waals surface area contributed by atoms with Crippen molar-refractivity contribution in [2.24, 2.45) is 5.41 Å². The Balaban J connectivity index is 0.935. The summed E-state index contributed by atoms with van der Waals surface area (Å²) in [7, 11) is 0. The highest BCUT2D eigenvalue weighted by molar-refractivity contribution is 5.90. The van der Waals surface area contributed by atoms with E-state index < -0.39 is 11.6 Å². The summed E-state index contributed by atoms with van der Waals surface area (Å²) in [5, 5.41) is 7.28. The van der Waals surface area contributed by atoms with Gasteiger partial charge in [-0.1, -0.05) is 31.0 Å². The van der Waals surface area contributed by atoms with Crippen LogP contribution in [0.5, 0.6) is 11.5 Å². The number of H-pyrrole nitrogens is 2. The summed E-state index contributed by atoms with van der Waals surface area (Å²) >= 11 is 0. The van der Waals surface area contributed by atoms with E-state index in [9.17, 15) is 0 Å². The predicted octanol–water partition coefficient (Wildman–Crippen LogP) is 8.58. The summed E-state index contributed by atoms with van der Waals surface area (Å²) in [6.07, 6.45) is 16.7. The quantitative estimate of drug-likeness (QED) is 0.142. The third-order valence-corrected chi connectivity index (χ3v) is 14.2. The highest BCUT2D eigenvalue weighted by atomic mass is 16.7. The van der Waals surface area contributed by atoms with Crippen molar-refractivity contribution >= 4 is 11.0 Å². The zero-order valence-electron chi connectivity index (χ0n) is 31.7. The number of fused-ring (bicyclic) bond motifs is 3. The molecule has 4 aliphatic heterocycles. The molecular formula is C45H50N6O4. The van der Waals surface area contributed by atoms with Crippen LogP contribution in [0.15, 0.2) is 48.7 Å². The van der Waals surface area contributed by atoms with Crippen LogP contribution < -0.4 is 20.1 Å². The molecule has 3 atom stereocenters. The van der Waals surface area contributed by atoms with Crippen LogP contribution in [0.1, 0.15) is 112 Å². The molecule has 2 aromatic heterocycles. The molecule has 5 aromatic rings. The van der Waals surface area contributed by atoms with Gasteiger partial charge in [0.15, 0.2) is 17.3 Å². The van der Waals surface area contributed by atoms with Gasteiger partial charge >= 0.3 is 0 Å². The van der Waals surface area contributed by atoms with Crippen LogP contribution in [-0.4, -0.2) is 57.3 Å². The summed E-state index contributed by atoms with van der Waals surface area (Å²) in [5.41, 5.74) is 12.3. The van der Waals surface area contributed by atoms with Crippen LogP contribution in [0.2, 0.25) is 0 Å². The minimum Gasteiger partial charge on any atom is -0.448 e. The van der Waals surface area contributed by atoms with Crippen LogP contribution in [-0.2, 0) is 22.3 Å². The van der Waals surface area contributed by atoms with Crippen molar-refractivity contribution in [3.05, 3.63) is 71.4 Å². The topological polar surface area (TPSA) is 118 Å². The zero-order chi connectivity index (χ0) is 36.4. The van der Waals surface area contributed by atoms with Crippen molar-refractivity contribution in [1.29, 1.82) is 0 Å². The van der Waals surface area contributed by atoms with Crippen LogP contribution in [0.3, 0.4) is 0 Å². The van der Waals surface area contributed by atoms with Gasteiger partial charge in [0, 0.05) is 42.0 Å². The van der Waals surface area contributed by atoms with E-state index in [2.05, 4.69) is 76.2 Å². The molecule has 3 spiro atoms. The Bertz CT molecular complexity index is 2330. The molecule has 0 radical (unpaired) electrons. The van der Waals surface area contributed by atoms with Gasteiger partial charge < -0.3 is 39.5 Å². The SMILES string of the molecule is CC1CCC(c2ncc(-c3ccc(-c4ccc(-c5ccc6nc(C7CC8(CN7)OCCO8)[nH]c6c5)c5c4OC4(CCCC4)O5)c4c3CC3(CCCC3)C4)[nH]2)N1. The zero-order valence-corrected chi connectivity index (χ0v) is 31.7. The highest BCUT2D eigenvalue weighted by Gasteiger charge is 2.48. The fourth-order valence-corrected chi connectivity index (χ4v) is 11.4. The fraction of sp³-hybridized carbons (Fsp3) is 0.511. The molecule has 10 nitrogen and oxygen atoms in total. The molecule has 6 heterocycles. The van der Waals surface area contributed by atoms with E-state index in [0.29, 0.717) is 37.3 Å². The first-order chi connectivity index (χ1) is 26.9. The molecule has 3 unspecified atom stereocenters. The Hall–Kier alpha value is -4.22. The second-order valence-corrected chi connectivity index (χ2v) is 17.8. The second-order valence-electron chi connectivity index (χ2n) is 17.8. The van der Waals surface area contributed by atoms with Gasteiger partial charge in [0.25, 0.3) is 5.79 Å². The number of ether oxygens (including phenoxy) is 4. The Morgan fingerprint density at radius 3 is 2.24 bits per heavy atom. The molecule has 2 saturated carbocycles. The number of aromatic nitrogens is 4. The second kappa shape index (κ2) is 12.1. The average Bonchev–Trinajstić information content (AvgIpc) is 4.05. The van der Waals surface area contributed by atoms with E-state index in [0.717, 1.165) is 108 Å². The largest absolute Gasteiger partial charge is 0.448 e. The van der Waals surface area contributed by atoms with Gasteiger partial charge in [-0.25, -0.2) is 9.97 Å². The molecule has 55 heavy (non-hydrogen) atoms. The summed E-state index contributed by atoms with van der Waals surface area (Å²) < 4.78 is 26.0. The lowest BCUT2D eigenvalue weighted by Gasteiger charge is -2.22. The first-order valence-corrected chi connectivity index (χ1v) is 21.0.